The van der Waals surface area contributed by atoms with E-state index >= 15 is 0 Å². The lowest BCUT2D eigenvalue weighted by molar-refractivity contribution is 0.215. The van der Waals surface area contributed by atoms with Crippen molar-refractivity contribution in [3.63, 3.8) is 0 Å². The first-order valence-corrected chi connectivity index (χ1v) is 9.57. The number of halogens is 1. The molecular weight excluding hydrogens is 467 g/mol. The van der Waals surface area contributed by atoms with E-state index in [9.17, 15) is 0 Å². The van der Waals surface area contributed by atoms with E-state index in [1.807, 2.05) is 25.5 Å². The number of benzene rings is 1. The van der Waals surface area contributed by atoms with Gasteiger partial charge in [0.05, 0.1) is 19.2 Å². The fourth-order valence-corrected chi connectivity index (χ4v) is 2.48. The maximum atomic E-state index is 6.08. The van der Waals surface area contributed by atoms with Gasteiger partial charge in [-0.3, -0.25) is 0 Å². The van der Waals surface area contributed by atoms with Crippen LogP contribution in [0.25, 0.3) is 0 Å². The molecule has 0 radical (unpaired) electrons. The molecule has 0 amide bonds. The summed E-state index contributed by atoms with van der Waals surface area (Å²) in [6.07, 6.45) is 1.15. The van der Waals surface area contributed by atoms with Gasteiger partial charge in [-0.25, -0.2) is 4.99 Å². The maximum absolute atomic E-state index is 6.08. The molecular formula is C20H33IN6O. The van der Waals surface area contributed by atoms with Gasteiger partial charge in [0.1, 0.15) is 11.6 Å². The fourth-order valence-electron chi connectivity index (χ4n) is 2.48. The van der Waals surface area contributed by atoms with Gasteiger partial charge in [0.25, 0.3) is 0 Å². The van der Waals surface area contributed by atoms with Crippen LogP contribution in [0, 0.1) is 13.8 Å². The number of ether oxygens (including phenoxy) is 1. The summed E-state index contributed by atoms with van der Waals surface area (Å²) in [5.74, 6) is 3.41. The standard InChI is InChI=1S/C20H32N6O.HI/c1-7-15(4)27-18-11-14(3)9-10-17(18)12-22-20(21-8-2)23-13-19-25-24-16(5)26(19)6;/h9-11,15H,7-8,12-13H2,1-6H3,(H2,21,22,23);1H. The minimum absolute atomic E-state index is 0. The normalized spacial score (nSPS) is 12.3. The molecule has 0 fully saturated rings. The molecule has 0 aliphatic carbocycles. The Morgan fingerprint density at radius 2 is 1.96 bits per heavy atom. The monoisotopic (exact) mass is 500 g/mol. The highest BCUT2D eigenvalue weighted by Gasteiger charge is 2.09. The number of aliphatic imine (C=N–C) groups is 1. The smallest absolute Gasteiger partial charge is 0.191 e. The van der Waals surface area contributed by atoms with Crippen molar-refractivity contribution in [1.29, 1.82) is 0 Å². The van der Waals surface area contributed by atoms with Crippen molar-refractivity contribution < 1.29 is 4.74 Å². The van der Waals surface area contributed by atoms with Gasteiger partial charge in [-0.1, -0.05) is 19.1 Å². The second kappa shape index (κ2) is 11.9. The first-order chi connectivity index (χ1) is 12.9. The van der Waals surface area contributed by atoms with Gasteiger partial charge in [0.15, 0.2) is 11.8 Å². The largest absolute Gasteiger partial charge is 0.490 e. The summed E-state index contributed by atoms with van der Waals surface area (Å²) in [7, 11) is 1.96. The van der Waals surface area contributed by atoms with E-state index in [2.05, 4.69) is 59.8 Å². The first kappa shape index (κ1) is 24.2. The zero-order valence-electron chi connectivity index (χ0n) is 17.7. The number of nitrogens with zero attached hydrogens (tertiary/aromatic N) is 4. The summed E-state index contributed by atoms with van der Waals surface area (Å²) in [6.45, 7) is 12.2. The zero-order chi connectivity index (χ0) is 19.8. The molecule has 0 saturated heterocycles. The molecule has 1 aromatic heterocycles. The average Bonchev–Trinajstić information content (AvgIpc) is 2.97. The van der Waals surface area contributed by atoms with E-state index in [0.717, 1.165) is 41.9 Å². The van der Waals surface area contributed by atoms with Crippen molar-refractivity contribution >= 4 is 29.9 Å². The molecule has 7 nitrogen and oxygen atoms in total. The third-order valence-electron chi connectivity index (χ3n) is 4.47. The van der Waals surface area contributed by atoms with Crippen LogP contribution in [0.15, 0.2) is 23.2 Å². The molecule has 1 unspecified atom stereocenters. The molecule has 28 heavy (non-hydrogen) atoms. The van der Waals surface area contributed by atoms with Gasteiger partial charge < -0.3 is 19.9 Å². The van der Waals surface area contributed by atoms with Crippen molar-refractivity contribution in [2.75, 3.05) is 6.54 Å². The second-order valence-corrected chi connectivity index (χ2v) is 6.72. The van der Waals surface area contributed by atoms with Crippen LogP contribution in [0.2, 0.25) is 0 Å². The van der Waals surface area contributed by atoms with Crippen LogP contribution in [-0.2, 0) is 20.1 Å². The molecule has 0 spiro atoms. The molecule has 1 heterocycles. The van der Waals surface area contributed by atoms with Crippen LogP contribution >= 0.6 is 24.0 Å². The Bertz CT molecular complexity index is 774. The van der Waals surface area contributed by atoms with Gasteiger partial charge in [-0.15, -0.1) is 34.2 Å². The molecule has 1 aromatic carbocycles. The Balaban J connectivity index is 0.00000392. The Morgan fingerprint density at radius 1 is 1.21 bits per heavy atom. The molecule has 2 N–H and O–H groups in total. The summed E-state index contributed by atoms with van der Waals surface area (Å²) in [6, 6.07) is 6.27. The van der Waals surface area contributed by atoms with Crippen molar-refractivity contribution in [3.8, 4) is 5.75 Å². The van der Waals surface area contributed by atoms with E-state index in [4.69, 9.17) is 9.73 Å². The fraction of sp³-hybridized carbons (Fsp3) is 0.550. The first-order valence-electron chi connectivity index (χ1n) is 9.57. The Hall–Kier alpha value is -1.84. The highest BCUT2D eigenvalue weighted by Crippen LogP contribution is 2.23. The van der Waals surface area contributed by atoms with Crippen LogP contribution < -0.4 is 15.4 Å². The van der Waals surface area contributed by atoms with Gasteiger partial charge in [0.2, 0.25) is 0 Å². The van der Waals surface area contributed by atoms with Crippen LogP contribution in [0.5, 0.6) is 5.75 Å². The number of hydrogen-bond acceptors (Lipinski definition) is 4. The summed E-state index contributed by atoms with van der Waals surface area (Å²) in [4.78, 5) is 4.72. The Kier molecular flexibility index (Phi) is 10.3. The Morgan fingerprint density at radius 3 is 2.57 bits per heavy atom. The van der Waals surface area contributed by atoms with Crippen molar-refractivity contribution in [2.24, 2.45) is 12.0 Å². The van der Waals surface area contributed by atoms with Crippen LogP contribution in [0.3, 0.4) is 0 Å². The van der Waals surface area contributed by atoms with E-state index in [1.54, 1.807) is 0 Å². The minimum Gasteiger partial charge on any atom is -0.490 e. The maximum Gasteiger partial charge on any atom is 0.191 e. The third-order valence-corrected chi connectivity index (χ3v) is 4.47. The average molecular weight is 500 g/mol. The number of guanidine groups is 1. The molecule has 2 aromatic rings. The number of nitrogens with one attached hydrogen (secondary N) is 2. The second-order valence-electron chi connectivity index (χ2n) is 6.72. The number of aryl methyl sites for hydroxylation is 2. The highest BCUT2D eigenvalue weighted by molar-refractivity contribution is 14.0. The lowest BCUT2D eigenvalue weighted by Crippen LogP contribution is -2.37. The number of rotatable bonds is 8. The van der Waals surface area contributed by atoms with Crippen molar-refractivity contribution in [2.45, 2.75) is 60.2 Å². The van der Waals surface area contributed by atoms with Crippen molar-refractivity contribution in [1.82, 2.24) is 25.4 Å². The zero-order valence-corrected chi connectivity index (χ0v) is 20.1. The van der Waals surface area contributed by atoms with Gasteiger partial charge in [-0.05, 0) is 45.7 Å². The predicted molar refractivity (Wildman–Crippen MR) is 124 cm³/mol. The van der Waals surface area contributed by atoms with Gasteiger partial charge >= 0.3 is 0 Å². The summed E-state index contributed by atoms with van der Waals surface area (Å²) < 4.78 is 8.05. The SMILES string of the molecule is CCNC(=NCc1ccc(C)cc1OC(C)CC)NCc1nnc(C)n1C.I. The molecule has 1 atom stereocenters. The summed E-state index contributed by atoms with van der Waals surface area (Å²) in [5.41, 5.74) is 2.26. The number of aromatic nitrogens is 3. The molecule has 0 aliphatic rings. The van der Waals surface area contributed by atoms with E-state index < -0.39 is 0 Å². The quantitative estimate of drug-likeness (QED) is 0.330. The molecule has 0 bridgehead atoms. The topological polar surface area (TPSA) is 76.4 Å². The lowest BCUT2D eigenvalue weighted by Gasteiger charge is -2.17. The van der Waals surface area contributed by atoms with Crippen LogP contribution in [0.4, 0.5) is 0 Å². The van der Waals surface area contributed by atoms with Crippen molar-refractivity contribution in [3.05, 3.63) is 41.0 Å². The van der Waals surface area contributed by atoms with E-state index in [0.29, 0.717) is 13.1 Å². The number of hydrogen-bond donors (Lipinski definition) is 2. The van der Waals surface area contributed by atoms with E-state index in [1.165, 1.54) is 5.56 Å². The summed E-state index contributed by atoms with van der Waals surface area (Å²) >= 11 is 0. The Labute approximate surface area is 185 Å². The van der Waals surface area contributed by atoms with Gasteiger partial charge in [-0.2, -0.15) is 0 Å². The third kappa shape index (κ3) is 6.96. The molecule has 0 saturated carbocycles. The van der Waals surface area contributed by atoms with Gasteiger partial charge in [0, 0.05) is 19.2 Å². The molecule has 0 aliphatic heterocycles. The highest BCUT2D eigenvalue weighted by atomic mass is 127. The summed E-state index contributed by atoms with van der Waals surface area (Å²) in [5, 5.41) is 14.9. The lowest BCUT2D eigenvalue weighted by atomic mass is 10.1. The molecule has 156 valence electrons. The molecule has 2 rings (SSSR count). The minimum atomic E-state index is 0. The van der Waals surface area contributed by atoms with Crippen LogP contribution in [0.1, 0.15) is 50.0 Å². The predicted octanol–water partition coefficient (Wildman–Crippen LogP) is 3.48. The molecule has 8 heteroatoms. The van der Waals surface area contributed by atoms with Crippen LogP contribution in [-0.4, -0.2) is 33.4 Å². The van der Waals surface area contributed by atoms with E-state index in [-0.39, 0.29) is 30.1 Å².